The minimum atomic E-state index is -0.824. The fourth-order valence-corrected chi connectivity index (χ4v) is 2.19. The van der Waals surface area contributed by atoms with Crippen LogP contribution in [0.3, 0.4) is 0 Å². The van der Waals surface area contributed by atoms with Crippen molar-refractivity contribution in [3.05, 3.63) is 63.2 Å². The van der Waals surface area contributed by atoms with Gasteiger partial charge >= 0.3 is 0 Å². The molecule has 7 heteroatoms. The summed E-state index contributed by atoms with van der Waals surface area (Å²) in [5.74, 6) is 0.0493. The molecule has 0 bridgehead atoms. The molecule has 1 N–H and O–H groups in total. The second-order valence-corrected chi connectivity index (χ2v) is 5.37. The number of aryl methyl sites for hydroxylation is 1. The number of para-hydroxylation sites is 2. The van der Waals surface area contributed by atoms with Crippen molar-refractivity contribution >= 4 is 28.9 Å². The number of carbonyl (C=O) groups excluding carboxylic acids is 1. The number of ether oxygens (including phenoxy) is 1. The Bertz CT molecular complexity index is 749. The zero-order chi connectivity index (χ0) is 17.0. The standard InChI is InChI=1S/C16H15ClN2O4/c1-10-9-12(17)7-8-15(10)23-11(2)16(20)18-13-5-3-4-6-14(13)19(21)22/h3-9,11H,1-2H3,(H,18,20). The van der Waals surface area contributed by atoms with Gasteiger partial charge in [0.05, 0.1) is 4.92 Å². The lowest BCUT2D eigenvalue weighted by Gasteiger charge is -2.16. The van der Waals surface area contributed by atoms with Crippen molar-refractivity contribution in [1.29, 1.82) is 0 Å². The first kappa shape index (κ1) is 16.8. The van der Waals surface area contributed by atoms with Crippen molar-refractivity contribution in [2.45, 2.75) is 20.0 Å². The SMILES string of the molecule is Cc1cc(Cl)ccc1OC(C)C(=O)Nc1ccccc1[N+](=O)[O-]. The number of nitrogens with one attached hydrogen (secondary N) is 1. The molecule has 1 amide bonds. The van der Waals surface area contributed by atoms with Gasteiger partial charge in [0.2, 0.25) is 0 Å². The van der Waals surface area contributed by atoms with Gasteiger partial charge in [0.15, 0.2) is 6.10 Å². The van der Waals surface area contributed by atoms with Gasteiger partial charge in [-0.2, -0.15) is 0 Å². The van der Waals surface area contributed by atoms with Crippen molar-refractivity contribution in [2.75, 3.05) is 5.32 Å². The summed E-state index contributed by atoms with van der Waals surface area (Å²) in [4.78, 5) is 22.6. The van der Waals surface area contributed by atoms with Crippen LogP contribution in [0.1, 0.15) is 12.5 Å². The summed E-state index contributed by atoms with van der Waals surface area (Å²) in [5, 5.41) is 14.0. The summed E-state index contributed by atoms with van der Waals surface area (Å²) in [5.41, 5.74) is 0.754. The fraction of sp³-hybridized carbons (Fsp3) is 0.188. The molecule has 0 heterocycles. The lowest BCUT2D eigenvalue weighted by molar-refractivity contribution is -0.383. The summed E-state index contributed by atoms with van der Waals surface area (Å²) in [6, 6.07) is 11.0. The van der Waals surface area contributed by atoms with Crippen molar-refractivity contribution in [3.8, 4) is 5.75 Å². The number of hydrogen-bond acceptors (Lipinski definition) is 4. The number of rotatable bonds is 5. The molecular formula is C16H15ClN2O4. The van der Waals surface area contributed by atoms with E-state index < -0.39 is 16.9 Å². The summed E-state index contributed by atoms with van der Waals surface area (Å²) in [7, 11) is 0. The van der Waals surface area contributed by atoms with Crippen LogP contribution in [0.5, 0.6) is 5.75 Å². The zero-order valence-corrected chi connectivity index (χ0v) is 13.3. The predicted molar refractivity (Wildman–Crippen MR) is 88.0 cm³/mol. The van der Waals surface area contributed by atoms with Crippen LogP contribution in [-0.4, -0.2) is 16.9 Å². The average Bonchev–Trinajstić information content (AvgIpc) is 2.50. The van der Waals surface area contributed by atoms with E-state index in [9.17, 15) is 14.9 Å². The largest absolute Gasteiger partial charge is 0.481 e. The molecule has 120 valence electrons. The van der Waals surface area contributed by atoms with Gasteiger partial charge in [-0.15, -0.1) is 0 Å². The molecule has 0 saturated heterocycles. The van der Waals surface area contributed by atoms with E-state index in [0.29, 0.717) is 10.8 Å². The molecule has 2 rings (SSSR count). The van der Waals surface area contributed by atoms with E-state index in [0.717, 1.165) is 5.56 Å². The van der Waals surface area contributed by atoms with Gasteiger partial charge < -0.3 is 10.1 Å². The van der Waals surface area contributed by atoms with Gasteiger partial charge in [-0.3, -0.25) is 14.9 Å². The van der Waals surface area contributed by atoms with Gasteiger partial charge in [-0.05, 0) is 43.7 Å². The van der Waals surface area contributed by atoms with E-state index in [-0.39, 0.29) is 11.4 Å². The second kappa shape index (κ2) is 7.11. The molecule has 0 spiro atoms. The second-order valence-electron chi connectivity index (χ2n) is 4.93. The molecule has 0 aliphatic carbocycles. The van der Waals surface area contributed by atoms with Crippen LogP contribution in [-0.2, 0) is 4.79 Å². The highest BCUT2D eigenvalue weighted by atomic mass is 35.5. The highest BCUT2D eigenvalue weighted by Gasteiger charge is 2.20. The first-order valence-electron chi connectivity index (χ1n) is 6.85. The Morgan fingerprint density at radius 1 is 1.30 bits per heavy atom. The fourth-order valence-electron chi connectivity index (χ4n) is 1.96. The van der Waals surface area contributed by atoms with Crippen molar-refractivity contribution in [3.63, 3.8) is 0 Å². The van der Waals surface area contributed by atoms with E-state index in [1.54, 1.807) is 31.2 Å². The van der Waals surface area contributed by atoms with Crippen LogP contribution in [0.25, 0.3) is 0 Å². The van der Waals surface area contributed by atoms with Crippen LogP contribution in [0.4, 0.5) is 11.4 Å². The van der Waals surface area contributed by atoms with Gasteiger partial charge in [-0.25, -0.2) is 0 Å². The van der Waals surface area contributed by atoms with Crippen molar-refractivity contribution < 1.29 is 14.5 Å². The highest BCUT2D eigenvalue weighted by Crippen LogP contribution is 2.25. The smallest absolute Gasteiger partial charge is 0.292 e. The third-order valence-electron chi connectivity index (χ3n) is 3.17. The van der Waals surface area contributed by atoms with Crippen LogP contribution >= 0.6 is 11.6 Å². The number of nitro benzene ring substituents is 1. The Balaban J connectivity index is 2.10. The predicted octanol–water partition coefficient (Wildman–Crippen LogP) is 3.96. The molecule has 6 nitrogen and oxygen atoms in total. The van der Waals surface area contributed by atoms with Crippen molar-refractivity contribution in [1.82, 2.24) is 0 Å². The molecule has 1 unspecified atom stereocenters. The van der Waals surface area contributed by atoms with Gasteiger partial charge in [0.25, 0.3) is 11.6 Å². The topological polar surface area (TPSA) is 81.5 Å². The summed E-state index contributed by atoms with van der Waals surface area (Å²) in [6.07, 6.45) is -0.824. The minimum Gasteiger partial charge on any atom is -0.481 e. The van der Waals surface area contributed by atoms with E-state index in [1.807, 2.05) is 6.92 Å². The summed E-state index contributed by atoms with van der Waals surface area (Å²) >= 11 is 5.87. The van der Waals surface area contributed by atoms with Crippen LogP contribution in [0.2, 0.25) is 5.02 Å². The van der Waals surface area contributed by atoms with Crippen LogP contribution in [0.15, 0.2) is 42.5 Å². The molecule has 0 aromatic heterocycles. The van der Waals surface area contributed by atoms with Gasteiger partial charge in [0.1, 0.15) is 11.4 Å². The highest BCUT2D eigenvalue weighted by molar-refractivity contribution is 6.30. The normalized spacial score (nSPS) is 11.6. The maximum Gasteiger partial charge on any atom is 0.292 e. The number of halogens is 1. The molecule has 1 atom stereocenters. The van der Waals surface area contributed by atoms with Crippen LogP contribution < -0.4 is 10.1 Å². The third kappa shape index (κ3) is 4.20. The number of nitrogens with zero attached hydrogens (tertiary/aromatic N) is 1. The Hall–Kier alpha value is -2.60. The molecule has 23 heavy (non-hydrogen) atoms. The quantitative estimate of drug-likeness (QED) is 0.662. The summed E-state index contributed by atoms with van der Waals surface area (Å²) in [6.45, 7) is 3.38. The number of anilines is 1. The number of amides is 1. The first-order valence-corrected chi connectivity index (χ1v) is 7.23. The van der Waals surface area contributed by atoms with Gasteiger partial charge in [-0.1, -0.05) is 23.7 Å². The zero-order valence-electron chi connectivity index (χ0n) is 12.6. The maximum absolute atomic E-state index is 12.2. The Morgan fingerprint density at radius 3 is 2.65 bits per heavy atom. The van der Waals surface area contributed by atoms with E-state index in [2.05, 4.69) is 5.32 Å². The van der Waals surface area contributed by atoms with E-state index >= 15 is 0 Å². The monoisotopic (exact) mass is 334 g/mol. The molecule has 0 aliphatic rings. The first-order chi connectivity index (χ1) is 10.9. The molecule has 0 fully saturated rings. The lowest BCUT2D eigenvalue weighted by atomic mass is 10.2. The average molecular weight is 335 g/mol. The Morgan fingerprint density at radius 2 is 2.00 bits per heavy atom. The maximum atomic E-state index is 12.2. The van der Waals surface area contributed by atoms with E-state index in [1.165, 1.54) is 18.2 Å². The number of benzene rings is 2. The molecule has 0 radical (unpaired) electrons. The molecule has 2 aromatic carbocycles. The minimum absolute atomic E-state index is 0.130. The Labute approximate surface area is 138 Å². The molecular weight excluding hydrogens is 320 g/mol. The van der Waals surface area contributed by atoms with Crippen molar-refractivity contribution in [2.24, 2.45) is 0 Å². The Kier molecular flexibility index (Phi) is 5.18. The molecule has 0 saturated carbocycles. The molecule has 0 aliphatic heterocycles. The number of hydrogen-bond donors (Lipinski definition) is 1. The van der Waals surface area contributed by atoms with Gasteiger partial charge in [0, 0.05) is 11.1 Å². The molecule has 2 aromatic rings. The van der Waals surface area contributed by atoms with E-state index in [4.69, 9.17) is 16.3 Å². The number of carbonyl (C=O) groups is 1. The summed E-state index contributed by atoms with van der Waals surface area (Å²) < 4.78 is 5.59. The lowest BCUT2D eigenvalue weighted by Crippen LogP contribution is -2.30. The van der Waals surface area contributed by atoms with Crippen LogP contribution in [0, 0.1) is 17.0 Å². The number of nitro groups is 1. The third-order valence-corrected chi connectivity index (χ3v) is 3.40.